The Hall–Kier alpha value is -2.87. The summed E-state index contributed by atoms with van der Waals surface area (Å²) in [6.07, 6.45) is -6.98. The third-order valence-corrected chi connectivity index (χ3v) is 10.4. The molecular formula is C32H32Cl2F6N5NaO7S2. The summed E-state index contributed by atoms with van der Waals surface area (Å²) in [5, 5.41) is -1.22. The van der Waals surface area contributed by atoms with Crippen LogP contribution in [0.15, 0.2) is 41.9 Å². The van der Waals surface area contributed by atoms with E-state index in [4.69, 9.17) is 33.7 Å². The van der Waals surface area contributed by atoms with Gasteiger partial charge in [0.15, 0.2) is 16.9 Å². The SMILES string of the molecule is CCN1/C(=C(/CC/C=C/c2n(CCCS(=O)(=O)[O-])c3cc(C(F)(F)F)c(Cl)cc3[n+]2C#CN)OC)N(CCCS(=O)(=O)[O-])c2cc(C(F)(F)F)c(Cl)cc21.[Na+]. The van der Waals surface area contributed by atoms with Gasteiger partial charge in [-0.05, 0) is 38.3 Å². The van der Waals surface area contributed by atoms with Crippen molar-refractivity contribution in [3.8, 4) is 12.1 Å². The van der Waals surface area contributed by atoms with Crippen molar-refractivity contribution in [3.63, 3.8) is 0 Å². The Balaban J connectivity index is 0.00000812. The first-order valence-electron chi connectivity index (χ1n) is 15.9. The summed E-state index contributed by atoms with van der Waals surface area (Å²) in [6, 6.07) is 8.49. The number of rotatable bonds is 14. The molecule has 2 aromatic carbocycles. The van der Waals surface area contributed by atoms with Crippen LogP contribution in [0, 0.1) is 12.1 Å². The molecule has 1 aliphatic rings. The fourth-order valence-corrected chi connectivity index (χ4v) is 7.54. The van der Waals surface area contributed by atoms with E-state index < -0.39 is 65.3 Å². The number of ether oxygens (including phenoxy) is 1. The monoisotopic (exact) mass is 869 g/mol. The van der Waals surface area contributed by atoms with Crippen molar-refractivity contribution in [2.75, 3.05) is 41.5 Å². The zero-order chi connectivity index (χ0) is 40.4. The summed E-state index contributed by atoms with van der Waals surface area (Å²) in [4.78, 5) is 3.02. The number of aromatic nitrogens is 2. The molecule has 296 valence electrons. The molecule has 3 aromatic rings. The first-order chi connectivity index (χ1) is 25.0. The second-order valence-electron chi connectivity index (χ2n) is 11.8. The van der Waals surface area contributed by atoms with Gasteiger partial charge >= 0.3 is 41.9 Å². The number of nitrogens with two attached hydrogens (primary N) is 1. The molecule has 2 N–H and O–H groups in total. The maximum absolute atomic E-state index is 13.9. The number of hydrogen-bond acceptors (Lipinski definition) is 10. The maximum atomic E-state index is 13.9. The van der Waals surface area contributed by atoms with Crippen LogP contribution >= 0.6 is 23.2 Å². The Morgan fingerprint density at radius 1 is 0.909 bits per heavy atom. The van der Waals surface area contributed by atoms with Crippen molar-refractivity contribution >= 4 is 71.9 Å². The fourth-order valence-electron chi connectivity index (χ4n) is 6.04. The van der Waals surface area contributed by atoms with Gasteiger partial charge in [-0.1, -0.05) is 29.3 Å². The molecule has 0 bridgehead atoms. The Morgan fingerprint density at radius 2 is 1.45 bits per heavy atom. The molecule has 23 heteroatoms. The van der Waals surface area contributed by atoms with Gasteiger partial charge < -0.3 is 29.4 Å². The number of allylic oxidation sites excluding steroid dienone is 2. The second-order valence-corrected chi connectivity index (χ2v) is 15.6. The predicted molar refractivity (Wildman–Crippen MR) is 187 cm³/mol. The molecule has 1 aliphatic heterocycles. The van der Waals surface area contributed by atoms with Gasteiger partial charge in [0.2, 0.25) is 0 Å². The van der Waals surface area contributed by atoms with Crippen LogP contribution in [0.2, 0.25) is 10.0 Å². The van der Waals surface area contributed by atoms with Gasteiger partial charge in [-0.2, -0.15) is 26.3 Å². The first-order valence-corrected chi connectivity index (χ1v) is 19.8. The van der Waals surface area contributed by atoms with Gasteiger partial charge in [-0.15, -0.1) is 4.57 Å². The number of fused-ring (bicyclic) bond motifs is 2. The molecule has 4 rings (SSSR count). The summed E-state index contributed by atoms with van der Waals surface area (Å²) < 4.78 is 160. The molecule has 0 spiro atoms. The predicted octanol–water partition coefficient (Wildman–Crippen LogP) is 2.83. The molecule has 0 radical (unpaired) electrons. The average Bonchev–Trinajstić information content (AvgIpc) is 3.48. The molecule has 1 aromatic heterocycles. The van der Waals surface area contributed by atoms with Crippen LogP contribution in [0.5, 0.6) is 0 Å². The molecule has 55 heavy (non-hydrogen) atoms. The van der Waals surface area contributed by atoms with Gasteiger partial charge in [-0.3, -0.25) is 0 Å². The number of alkyl halides is 6. The minimum atomic E-state index is -4.85. The smallest absolute Gasteiger partial charge is 0.748 e. The number of benzene rings is 2. The largest absolute Gasteiger partial charge is 1.00 e. The van der Waals surface area contributed by atoms with E-state index in [9.17, 15) is 52.3 Å². The van der Waals surface area contributed by atoms with Crippen LogP contribution in [-0.2, 0) is 43.9 Å². The summed E-state index contributed by atoms with van der Waals surface area (Å²) in [6.45, 7) is 1.48. The standard InChI is InChI=1S/C32H33Cl2F6N5O7S2.Na/c1-3-42-26-18-22(33)21(32(38,39)40)17-25(26)45(12-7-15-54(49,50)51)30(42)28(52-2)8-4-5-9-29-43(11-6-14-53(46,47)48)24-16-20(31(35,36)37)23(34)19-27(24)44(29)13-10-41;/h5,9,16-19H,3-4,6-8,11-12,14-15,41H2,1-2H3,(H-,46,47,48,49,50,51);/q;+1/p-1/b9-5+,30-28+;. The van der Waals surface area contributed by atoms with Gasteiger partial charge in [0.1, 0.15) is 11.8 Å². The topological polar surface area (TPSA) is 165 Å². The Bertz CT molecular complexity index is 2270. The van der Waals surface area contributed by atoms with E-state index in [0.29, 0.717) is 0 Å². The molecule has 0 saturated heterocycles. The summed E-state index contributed by atoms with van der Waals surface area (Å²) in [7, 11) is -8.02. The number of methoxy groups -OCH3 is 1. The first kappa shape index (κ1) is 46.5. The number of anilines is 2. The van der Waals surface area contributed by atoms with Crippen molar-refractivity contribution in [1.29, 1.82) is 0 Å². The molecule has 12 nitrogen and oxygen atoms in total. The summed E-state index contributed by atoms with van der Waals surface area (Å²) in [5.41, 5.74) is 3.52. The Morgan fingerprint density at radius 3 is 1.98 bits per heavy atom. The van der Waals surface area contributed by atoms with Crippen LogP contribution in [-0.4, -0.2) is 62.2 Å². The van der Waals surface area contributed by atoms with Crippen LogP contribution in [0.3, 0.4) is 0 Å². The normalized spacial score (nSPS) is 14.6. The molecular weight excluding hydrogens is 838 g/mol. The van der Waals surface area contributed by atoms with Crippen LogP contribution in [0.4, 0.5) is 37.7 Å². The molecule has 0 aliphatic carbocycles. The van der Waals surface area contributed by atoms with Gasteiger partial charge in [0.05, 0.1) is 72.5 Å². The van der Waals surface area contributed by atoms with E-state index in [1.54, 1.807) is 17.9 Å². The van der Waals surface area contributed by atoms with Gasteiger partial charge in [0, 0.05) is 49.2 Å². The van der Waals surface area contributed by atoms with Gasteiger partial charge in [-0.25, -0.2) is 21.4 Å². The molecule has 0 amide bonds. The quantitative estimate of drug-likeness (QED) is 0.0485. The van der Waals surface area contributed by atoms with Crippen molar-refractivity contribution in [2.45, 2.75) is 51.5 Å². The Kier molecular flexibility index (Phi) is 15.4. The molecule has 0 saturated carbocycles. The second kappa shape index (κ2) is 18.2. The van der Waals surface area contributed by atoms with Crippen molar-refractivity contribution in [3.05, 3.63) is 68.9 Å². The van der Waals surface area contributed by atoms with E-state index in [1.807, 2.05) is 0 Å². The number of halogens is 8. The van der Waals surface area contributed by atoms with Crippen molar-refractivity contribution < 1.29 is 91.1 Å². The molecule has 2 heterocycles. The molecule has 0 fully saturated rings. The van der Waals surface area contributed by atoms with Crippen LogP contribution in [0.1, 0.15) is 49.6 Å². The van der Waals surface area contributed by atoms with Gasteiger partial charge in [0.25, 0.3) is 5.82 Å². The van der Waals surface area contributed by atoms with E-state index in [0.717, 1.165) is 24.3 Å². The third kappa shape index (κ3) is 11.2. The van der Waals surface area contributed by atoms with Crippen molar-refractivity contribution in [1.82, 2.24) is 4.57 Å². The molecule has 0 unspecified atom stereocenters. The maximum Gasteiger partial charge on any atom is 1.00 e. The zero-order valence-electron chi connectivity index (χ0n) is 29.4. The van der Waals surface area contributed by atoms with E-state index in [2.05, 4.69) is 12.1 Å². The fraction of sp³-hybridized carbons (Fsp3) is 0.406. The zero-order valence-corrected chi connectivity index (χ0v) is 34.5. The van der Waals surface area contributed by atoms with Crippen molar-refractivity contribution in [2.24, 2.45) is 5.73 Å². The summed E-state index contributed by atoms with van der Waals surface area (Å²) in [5.74, 6) is -0.990. The number of hydrogen-bond donors (Lipinski definition) is 1. The van der Waals surface area contributed by atoms with E-state index in [1.165, 1.54) is 27.2 Å². The minimum Gasteiger partial charge on any atom is -0.748 e. The minimum absolute atomic E-state index is 0. The number of nitrogens with zero attached hydrogens (tertiary/aromatic N) is 4. The third-order valence-electron chi connectivity index (χ3n) is 8.22. The number of imidazole rings is 1. The van der Waals surface area contributed by atoms with E-state index >= 15 is 0 Å². The Labute approximate surface area is 345 Å². The van der Waals surface area contributed by atoms with E-state index in [-0.39, 0.29) is 115 Å². The number of aryl methyl sites for hydroxylation is 1. The van der Waals surface area contributed by atoms with Crippen LogP contribution in [0.25, 0.3) is 17.1 Å². The van der Waals surface area contributed by atoms with Crippen LogP contribution < -0.4 is 49.7 Å². The average molecular weight is 871 g/mol. The summed E-state index contributed by atoms with van der Waals surface area (Å²) >= 11 is 12.0. The molecule has 0 atom stereocenters.